The van der Waals surface area contributed by atoms with Crippen LogP contribution in [0.25, 0.3) is 0 Å². The Bertz CT molecular complexity index is 170. The Morgan fingerprint density at radius 3 is 1.14 bits per heavy atom. The Morgan fingerprint density at radius 2 is 1.00 bits per heavy atom. The van der Waals surface area contributed by atoms with Crippen molar-refractivity contribution in [3.63, 3.8) is 0 Å². The number of hydrogen-bond acceptors (Lipinski definition) is 6. The van der Waals surface area contributed by atoms with Gasteiger partial charge in [-0.25, -0.2) is 0 Å². The summed E-state index contributed by atoms with van der Waals surface area (Å²) < 4.78 is 8.54. The Labute approximate surface area is 141 Å². The van der Waals surface area contributed by atoms with E-state index in [1.807, 2.05) is 13.8 Å². The van der Waals surface area contributed by atoms with Crippen LogP contribution in [0.5, 0.6) is 0 Å². The van der Waals surface area contributed by atoms with E-state index >= 15 is 0 Å². The number of hydrogen-bond donors (Lipinski definition) is 2. The molecule has 0 aromatic rings. The van der Waals surface area contributed by atoms with Gasteiger partial charge in [0.25, 0.3) is 0 Å². The second-order valence-electron chi connectivity index (χ2n) is 2.75. The van der Waals surface area contributed by atoms with Crippen molar-refractivity contribution in [2.45, 2.75) is 39.5 Å². The number of carbonyl (C=O) groups excluding carboxylic acids is 2. The molecule has 0 saturated heterocycles. The van der Waals surface area contributed by atoms with Gasteiger partial charge in [0.05, 0.1) is 0 Å². The molecule has 0 bridgehead atoms. The summed E-state index contributed by atoms with van der Waals surface area (Å²) in [5.74, 6) is 0. The number of aliphatic hydroxyl groups excluding tert-OH is 2. The average molecular weight is 411 g/mol. The predicted octanol–water partition coefficient (Wildman–Crippen LogP) is 0.583. The maximum Gasteiger partial charge on any atom is 4.00 e. The van der Waals surface area contributed by atoms with Gasteiger partial charge in [-0.05, 0) is 12.8 Å². The van der Waals surface area contributed by atoms with Crippen molar-refractivity contribution in [2.75, 3.05) is 13.2 Å². The summed E-state index contributed by atoms with van der Waals surface area (Å²) in [7, 11) is 0. The van der Waals surface area contributed by atoms with Gasteiger partial charge in [0.15, 0.2) is 0 Å². The molecule has 0 aliphatic rings. The average Bonchev–Trinajstić information content (AvgIpc) is 2.43. The van der Waals surface area contributed by atoms with Crippen molar-refractivity contribution in [1.29, 1.82) is 0 Å². The molecule has 0 aliphatic carbocycles. The molecule has 0 aromatic heterocycles. The summed E-state index contributed by atoms with van der Waals surface area (Å²) in [4.78, 5) is 35.1. The molecule has 8 nitrogen and oxygen atoms in total. The first kappa shape index (κ1) is 31.9. The summed E-state index contributed by atoms with van der Waals surface area (Å²) in [5.41, 5.74) is 0. The van der Waals surface area contributed by atoms with Gasteiger partial charge in [0.1, 0.15) is 0 Å². The number of ether oxygens (including phenoxy) is 2. The van der Waals surface area contributed by atoms with Crippen molar-refractivity contribution in [2.24, 2.45) is 0 Å². The summed E-state index contributed by atoms with van der Waals surface area (Å²) >= 11 is 0. The first-order chi connectivity index (χ1) is 9.66. The van der Waals surface area contributed by atoms with E-state index in [1.165, 1.54) is 12.9 Å². The zero-order chi connectivity index (χ0) is 16.5. The van der Waals surface area contributed by atoms with E-state index in [4.69, 9.17) is 19.8 Å². The standard InChI is InChI=1S/2C5H9O2.2CHO2.Sn/c2*1-2-3-4-7-5-6;2*2-1-3;/h2*2-4H2,1H3;2*(H,2,3);/q4*-1;+4. The van der Waals surface area contributed by atoms with E-state index < -0.39 is 0 Å². The topological polar surface area (TPSA) is 127 Å². The maximum absolute atomic E-state index is 9.33. The molecule has 0 unspecified atom stereocenters. The van der Waals surface area contributed by atoms with Gasteiger partial charge >= 0.3 is 23.9 Å². The number of rotatable bonds is 8. The van der Waals surface area contributed by atoms with E-state index in [0.717, 1.165) is 25.7 Å². The molecule has 0 fully saturated rings. The van der Waals surface area contributed by atoms with Crippen LogP contribution in [0.2, 0.25) is 0 Å². The molecular weight excluding hydrogens is 391 g/mol. The van der Waals surface area contributed by atoms with Crippen molar-refractivity contribution in [3.8, 4) is 0 Å². The Kier molecular flexibility index (Phi) is 77.7. The second kappa shape index (κ2) is 51.2. The fourth-order valence-corrected chi connectivity index (χ4v) is 0.516. The summed E-state index contributed by atoms with van der Waals surface area (Å²) in [6, 6.07) is 0. The normalized spacial score (nSPS) is 6.57. The maximum atomic E-state index is 9.33. The van der Waals surface area contributed by atoms with Crippen LogP contribution < -0.4 is 0 Å². The van der Waals surface area contributed by atoms with Crippen molar-refractivity contribution < 1.29 is 38.9 Å². The summed E-state index contributed by atoms with van der Waals surface area (Å²) in [5, 5.41) is 13.5. The molecular formula is C12H20O8Sn. The SMILES string of the molecule is CCCCO[C-]=O.CCCCO[C-]=O.O=[C-]O.O=[C-]O.[Sn+4]. The molecule has 0 aliphatic heterocycles. The van der Waals surface area contributed by atoms with Crippen LogP contribution >= 0.6 is 0 Å². The minimum Gasteiger partial charge on any atom is -0.665 e. The minimum atomic E-state index is 0. The molecule has 9 heteroatoms. The largest absolute Gasteiger partial charge is 4.00 e. The van der Waals surface area contributed by atoms with E-state index in [0.29, 0.717) is 26.2 Å². The molecule has 0 heterocycles. The van der Waals surface area contributed by atoms with E-state index in [9.17, 15) is 9.59 Å². The van der Waals surface area contributed by atoms with Crippen LogP contribution in [0.3, 0.4) is 0 Å². The molecule has 0 amide bonds. The Morgan fingerprint density at radius 1 is 0.762 bits per heavy atom. The molecule has 0 aromatic carbocycles. The first-order valence-corrected chi connectivity index (χ1v) is 5.66. The van der Waals surface area contributed by atoms with Crippen LogP contribution in [0.1, 0.15) is 39.5 Å². The van der Waals surface area contributed by atoms with Crippen LogP contribution in [-0.2, 0) is 28.7 Å². The zero-order valence-electron chi connectivity index (χ0n) is 12.1. The number of unbranched alkanes of at least 4 members (excludes halogenated alkanes) is 2. The van der Waals surface area contributed by atoms with Gasteiger partial charge in [0, 0.05) is 13.2 Å². The van der Waals surface area contributed by atoms with Gasteiger partial charge in [-0.2, -0.15) is 0 Å². The third-order valence-corrected chi connectivity index (χ3v) is 1.32. The van der Waals surface area contributed by atoms with Crippen LogP contribution in [0.4, 0.5) is 0 Å². The van der Waals surface area contributed by atoms with Gasteiger partial charge in [-0.15, -0.1) is 0 Å². The van der Waals surface area contributed by atoms with Gasteiger partial charge in [-0.3, -0.25) is 0 Å². The van der Waals surface area contributed by atoms with Gasteiger partial charge in [0.2, 0.25) is 0 Å². The zero-order valence-corrected chi connectivity index (χ0v) is 14.9. The fraction of sp³-hybridized carbons (Fsp3) is 0.667. The third kappa shape index (κ3) is 116. The predicted molar refractivity (Wildman–Crippen MR) is 75.5 cm³/mol. The third-order valence-electron chi connectivity index (χ3n) is 1.32. The van der Waals surface area contributed by atoms with Crippen molar-refractivity contribution in [3.05, 3.63) is 0 Å². The van der Waals surface area contributed by atoms with Gasteiger partial charge < -0.3 is 38.9 Å². The molecule has 21 heavy (non-hydrogen) atoms. The minimum absolute atomic E-state index is 0. The van der Waals surface area contributed by atoms with Crippen LogP contribution in [0.15, 0.2) is 0 Å². The van der Waals surface area contributed by atoms with E-state index in [1.54, 1.807) is 0 Å². The molecule has 0 saturated carbocycles. The summed E-state index contributed by atoms with van der Waals surface area (Å²) in [6.45, 7) is 8.80. The quantitative estimate of drug-likeness (QED) is 0.338. The molecule has 2 N–H and O–H groups in total. The smallest absolute Gasteiger partial charge is 0.665 e. The molecule has 0 rings (SSSR count). The molecule has 0 radical (unpaired) electrons. The van der Waals surface area contributed by atoms with Gasteiger partial charge in [-0.1, -0.05) is 52.6 Å². The van der Waals surface area contributed by atoms with Crippen molar-refractivity contribution >= 4 is 49.8 Å². The van der Waals surface area contributed by atoms with E-state index in [2.05, 4.69) is 9.47 Å². The van der Waals surface area contributed by atoms with E-state index in [-0.39, 0.29) is 23.9 Å². The van der Waals surface area contributed by atoms with Crippen LogP contribution in [0, 0.1) is 0 Å². The first-order valence-electron chi connectivity index (χ1n) is 5.66. The van der Waals surface area contributed by atoms with Crippen molar-refractivity contribution in [1.82, 2.24) is 0 Å². The second-order valence-corrected chi connectivity index (χ2v) is 2.75. The Balaban J connectivity index is -0.0000000576. The fourth-order valence-electron chi connectivity index (χ4n) is 0.516. The molecule has 0 spiro atoms. The molecule has 120 valence electrons. The van der Waals surface area contributed by atoms with Crippen LogP contribution in [-0.4, -0.2) is 73.2 Å². The Hall–Kier alpha value is -1.32. The molecule has 0 atom stereocenters. The summed E-state index contributed by atoms with van der Waals surface area (Å²) in [6.07, 6.45) is 3.99. The monoisotopic (exact) mass is 412 g/mol.